The molecule has 10 nitrogen and oxygen atoms in total. The van der Waals surface area contributed by atoms with Crippen LogP contribution >= 0.6 is 0 Å². The van der Waals surface area contributed by atoms with Crippen LogP contribution in [0.5, 0.6) is 5.75 Å². The third kappa shape index (κ3) is 6.93. The molecule has 1 fully saturated rings. The number of fused-ring (bicyclic) bond motifs is 1. The maximum Gasteiger partial charge on any atom is 0.255 e. The first-order chi connectivity index (χ1) is 16.2. The van der Waals surface area contributed by atoms with Crippen molar-refractivity contribution < 1.29 is 23.9 Å². The summed E-state index contributed by atoms with van der Waals surface area (Å²) in [5.41, 5.74) is 0.264. The van der Waals surface area contributed by atoms with Crippen LogP contribution in [0.25, 0.3) is 0 Å². The number of piperazine rings is 1. The lowest BCUT2D eigenvalue weighted by atomic mass is 10.0. The molecule has 3 rings (SSSR count). The minimum Gasteiger partial charge on any atom is -0.491 e. The van der Waals surface area contributed by atoms with Gasteiger partial charge in [-0.15, -0.1) is 0 Å². The topological polar surface area (TPSA) is 120 Å². The molecule has 0 bridgehead atoms. The van der Waals surface area contributed by atoms with E-state index in [1.165, 1.54) is 0 Å². The number of ether oxygens (including phenoxy) is 1. The van der Waals surface area contributed by atoms with Crippen LogP contribution < -0.4 is 20.7 Å². The van der Waals surface area contributed by atoms with Crippen LogP contribution in [0.3, 0.4) is 0 Å². The molecule has 1 aromatic carbocycles. The van der Waals surface area contributed by atoms with E-state index >= 15 is 0 Å². The standard InChI is InChI=1S/C24H35N5O5/c1-16(2)14-18-23(32)25-8-13-34-20-7-5-4-6-17(20)22(31)27-19(15-21(30)26-18)24(33)29-11-9-28(3)10-12-29/h4-7,16,18-19H,8-15H2,1-3H3,(H,25,32)(H,26,30)(H,27,31)/t18-,19-/m0/s1. The number of carbonyl (C=O) groups is 4. The Morgan fingerprint density at radius 2 is 1.79 bits per heavy atom. The van der Waals surface area contributed by atoms with Crippen molar-refractivity contribution in [2.75, 3.05) is 46.4 Å². The van der Waals surface area contributed by atoms with E-state index in [2.05, 4.69) is 20.9 Å². The highest BCUT2D eigenvalue weighted by atomic mass is 16.5. The lowest BCUT2D eigenvalue weighted by Crippen LogP contribution is -2.56. The van der Waals surface area contributed by atoms with Crippen molar-refractivity contribution in [2.45, 2.75) is 38.8 Å². The molecular formula is C24H35N5O5. The first kappa shape index (κ1) is 25.5. The van der Waals surface area contributed by atoms with Crippen LogP contribution in [0, 0.1) is 5.92 Å². The second kappa shape index (κ2) is 11.8. The molecule has 0 radical (unpaired) electrons. The third-order valence-corrected chi connectivity index (χ3v) is 5.96. The predicted molar refractivity (Wildman–Crippen MR) is 126 cm³/mol. The Morgan fingerprint density at radius 3 is 2.50 bits per heavy atom. The maximum atomic E-state index is 13.3. The largest absolute Gasteiger partial charge is 0.491 e. The quantitative estimate of drug-likeness (QED) is 0.568. The van der Waals surface area contributed by atoms with Crippen molar-refractivity contribution in [2.24, 2.45) is 5.92 Å². The van der Waals surface area contributed by atoms with Crippen molar-refractivity contribution in [3.05, 3.63) is 29.8 Å². The van der Waals surface area contributed by atoms with Crippen LogP contribution in [-0.4, -0.2) is 91.9 Å². The molecule has 0 spiro atoms. The van der Waals surface area contributed by atoms with Crippen molar-refractivity contribution >= 4 is 23.6 Å². The summed E-state index contributed by atoms with van der Waals surface area (Å²) in [5, 5.41) is 8.29. The highest BCUT2D eigenvalue weighted by molar-refractivity contribution is 6.01. The third-order valence-electron chi connectivity index (χ3n) is 5.96. The summed E-state index contributed by atoms with van der Waals surface area (Å²) in [6.45, 7) is 6.77. The van der Waals surface area contributed by atoms with Gasteiger partial charge in [0.2, 0.25) is 17.7 Å². The van der Waals surface area contributed by atoms with Gasteiger partial charge < -0.3 is 30.5 Å². The van der Waals surface area contributed by atoms with Crippen molar-refractivity contribution in [3.8, 4) is 5.75 Å². The fourth-order valence-electron chi connectivity index (χ4n) is 4.06. The first-order valence-corrected chi connectivity index (χ1v) is 11.8. The number of carbonyl (C=O) groups excluding carboxylic acids is 4. The lowest BCUT2D eigenvalue weighted by molar-refractivity contribution is -0.137. The summed E-state index contributed by atoms with van der Waals surface area (Å²) in [6.07, 6.45) is 0.187. The number of nitrogens with one attached hydrogen (secondary N) is 3. The van der Waals surface area contributed by atoms with Crippen molar-refractivity contribution in [1.82, 2.24) is 25.8 Å². The van der Waals surface area contributed by atoms with Gasteiger partial charge in [0.05, 0.1) is 18.5 Å². The lowest BCUT2D eigenvalue weighted by Gasteiger charge is -2.35. The number of para-hydroxylation sites is 1. The monoisotopic (exact) mass is 473 g/mol. The Balaban J connectivity index is 1.87. The number of rotatable bonds is 3. The Labute approximate surface area is 200 Å². The van der Waals surface area contributed by atoms with E-state index in [1.807, 2.05) is 20.9 Å². The minimum absolute atomic E-state index is 0.155. The zero-order chi connectivity index (χ0) is 24.7. The summed E-state index contributed by atoms with van der Waals surface area (Å²) in [7, 11) is 1.98. The molecular weight excluding hydrogens is 438 g/mol. The molecule has 1 saturated heterocycles. The summed E-state index contributed by atoms with van der Waals surface area (Å²) in [5.74, 6) is -1.05. The molecule has 4 amide bonds. The zero-order valence-electron chi connectivity index (χ0n) is 20.1. The van der Waals surface area contributed by atoms with E-state index in [-0.39, 0.29) is 42.9 Å². The normalized spacial score (nSPS) is 23.2. The van der Waals surface area contributed by atoms with Crippen molar-refractivity contribution in [1.29, 1.82) is 0 Å². The molecule has 2 atom stereocenters. The van der Waals surface area contributed by atoms with Gasteiger partial charge in [-0.25, -0.2) is 0 Å². The van der Waals surface area contributed by atoms with Crippen LogP contribution in [0.15, 0.2) is 24.3 Å². The Bertz CT molecular complexity index is 897. The van der Waals surface area contributed by atoms with Crippen LogP contribution in [0.1, 0.15) is 37.0 Å². The first-order valence-electron chi connectivity index (χ1n) is 11.8. The molecule has 0 unspecified atom stereocenters. The van der Waals surface area contributed by atoms with Crippen molar-refractivity contribution in [3.63, 3.8) is 0 Å². The van der Waals surface area contributed by atoms with Gasteiger partial charge in [-0.05, 0) is 31.5 Å². The molecule has 0 aromatic heterocycles. The average Bonchev–Trinajstić information content (AvgIpc) is 2.80. The van der Waals surface area contributed by atoms with E-state index in [0.29, 0.717) is 38.3 Å². The predicted octanol–water partition coefficient (Wildman–Crippen LogP) is -0.0114. The Kier molecular flexibility index (Phi) is 8.86. The molecule has 3 N–H and O–H groups in total. The molecule has 2 aliphatic rings. The van der Waals surface area contributed by atoms with E-state index in [0.717, 1.165) is 0 Å². The van der Waals surface area contributed by atoms with Gasteiger partial charge in [0, 0.05) is 26.2 Å². The van der Waals surface area contributed by atoms with Gasteiger partial charge >= 0.3 is 0 Å². The summed E-state index contributed by atoms with van der Waals surface area (Å²) in [4.78, 5) is 55.9. The molecule has 0 saturated carbocycles. The molecule has 10 heteroatoms. The second-order valence-electron chi connectivity index (χ2n) is 9.24. The molecule has 34 heavy (non-hydrogen) atoms. The molecule has 0 aliphatic carbocycles. The smallest absolute Gasteiger partial charge is 0.255 e. The summed E-state index contributed by atoms with van der Waals surface area (Å²) >= 11 is 0. The van der Waals surface area contributed by atoms with Gasteiger partial charge in [0.1, 0.15) is 24.4 Å². The van der Waals surface area contributed by atoms with Crippen LogP contribution in [0.4, 0.5) is 0 Å². The Hall–Kier alpha value is -3.14. The number of hydrogen-bond acceptors (Lipinski definition) is 6. The summed E-state index contributed by atoms with van der Waals surface area (Å²) in [6, 6.07) is 4.91. The Morgan fingerprint density at radius 1 is 1.09 bits per heavy atom. The van der Waals surface area contributed by atoms with Gasteiger partial charge in [-0.2, -0.15) is 0 Å². The highest BCUT2D eigenvalue weighted by Gasteiger charge is 2.32. The van der Waals surface area contributed by atoms with E-state index in [9.17, 15) is 19.2 Å². The van der Waals surface area contributed by atoms with Gasteiger partial charge in [-0.3, -0.25) is 19.2 Å². The number of amides is 4. The molecule has 2 aliphatic heterocycles. The number of benzene rings is 1. The zero-order valence-corrected chi connectivity index (χ0v) is 20.1. The fourth-order valence-corrected chi connectivity index (χ4v) is 4.06. The van der Waals surface area contributed by atoms with E-state index < -0.39 is 23.9 Å². The molecule has 186 valence electrons. The average molecular weight is 474 g/mol. The number of hydrogen-bond donors (Lipinski definition) is 3. The molecule has 2 heterocycles. The maximum absolute atomic E-state index is 13.3. The minimum atomic E-state index is -1.06. The van der Waals surface area contributed by atoms with Crippen LogP contribution in [0.2, 0.25) is 0 Å². The van der Waals surface area contributed by atoms with Crippen LogP contribution in [-0.2, 0) is 14.4 Å². The van der Waals surface area contributed by atoms with E-state index in [4.69, 9.17) is 4.74 Å². The number of likely N-dealkylation sites (N-methyl/N-ethyl adjacent to an activating group) is 1. The second-order valence-corrected chi connectivity index (χ2v) is 9.24. The summed E-state index contributed by atoms with van der Waals surface area (Å²) < 4.78 is 5.75. The highest BCUT2D eigenvalue weighted by Crippen LogP contribution is 2.19. The number of nitrogens with zero attached hydrogens (tertiary/aromatic N) is 2. The van der Waals surface area contributed by atoms with Gasteiger partial charge in [0.15, 0.2) is 0 Å². The van der Waals surface area contributed by atoms with E-state index in [1.54, 1.807) is 29.2 Å². The molecule has 1 aromatic rings. The van der Waals surface area contributed by atoms with Gasteiger partial charge in [0.25, 0.3) is 5.91 Å². The fraction of sp³-hybridized carbons (Fsp3) is 0.583. The van der Waals surface area contributed by atoms with Gasteiger partial charge in [-0.1, -0.05) is 26.0 Å². The SMILES string of the molecule is CC(C)C[C@@H]1NC(=O)C[C@@H](C(=O)N2CCN(C)CC2)NC(=O)c2ccccc2OCCNC1=O.